The van der Waals surface area contributed by atoms with Crippen molar-refractivity contribution >= 4 is 15.8 Å². The van der Waals surface area contributed by atoms with Crippen LogP contribution in [-0.2, 0) is 34.1 Å². The fourth-order valence-electron chi connectivity index (χ4n) is 4.06. The molecular formula is C22H29FN4O3S. The predicted molar refractivity (Wildman–Crippen MR) is 117 cm³/mol. The summed E-state index contributed by atoms with van der Waals surface area (Å²) in [6.45, 7) is 5.34. The summed E-state index contributed by atoms with van der Waals surface area (Å²) in [7, 11) is -3.31. The van der Waals surface area contributed by atoms with Gasteiger partial charge in [-0.3, -0.25) is 0 Å². The lowest BCUT2D eigenvalue weighted by Gasteiger charge is -2.34. The van der Waals surface area contributed by atoms with Crippen molar-refractivity contribution in [2.45, 2.75) is 39.2 Å². The quantitative estimate of drug-likeness (QED) is 0.648. The Balaban J connectivity index is 1.67. The van der Waals surface area contributed by atoms with Gasteiger partial charge >= 0.3 is 0 Å². The van der Waals surface area contributed by atoms with Crippen LogP contribution in [0.25, 0.3) is 0 Å². The van der Waals surface area contributed by atoms with Crippen molar-refractivity contribution in [3.05, 3.63) is 52.7 Å². The predicted octanol–water partition coefficient (Wildman–Crippen LogP) is 2.53. The molecule has 1 aromatic heterocycles. The molecule has 0 radical (unpaired) electrons. The van der Waals surface area contributed by atoms with Crippen LogP contribution in [0.15, 0.2) is 24.3 Å². The highest BCUT2D eigenvalue weighted by atomic mass is 32.2. The van der Waals surface area contributed by atoms with Crippen molar-refractivity contribution in [3.63, 3.8) is 0 Å². The highest BCUT2D eigenvalue weighted by molar-refractivity contribution is 7.89. The first-order valence-corrected chi connectivity index (χ1v) is 12.5. The number of unbranched alkanes of at least 4 members (excludes halogenated alkanes) is 1. The zero-order chi connectivity index (χ0) is 21.8. The number of halogens is 1. The molecule has 2 aliphatic heterocycles. The van der Waals surface area contributed by atoms with Crippen molar-refractivity contribution < 1.29 is 17.5 Å². The standard InChI is InChI=1S/C22H29FN4O3S/c1-2-3-13-31(28,29)27-8-7-20-19(16-27)22(26-9-11-30-12-10-26)25-21(24-20)15-17-5-4-6-18(23)14-17/h4-6,14H,2-3,7-13,15-16H2,1H3. The summed E-state index contributed by atoms with van der Waals surface area (Å²) < 4.78 is 46.3. The molecule has 1 aromatic carbocycles. The molecule has 0 amide bonds. The summed E-state index contributed by atoms with van der Waals surface area (Å²) in [4.78, 5) is 11.7. The average Bonchev–Trinajstić information content (AvgIpc) is 2.77. The second kappa shape index (κ2) is 9.58. The molecule has 2 aliphatic rings. The molecular weight excluding hydrogens is 419 g/mol. The maximum absolute atomic E-state index is 13.6. The van der Waals surface area contributed by atoms with Crippen LogP contribution in [0.3, 0.4) is 0 Å². The summed E-state index contributed by atoms with van der Waals surface area (Å²) in [6.07, 6.45) is 2.48. The number of benzene rings is 1. The Morgan fingerprint density at radius 2 is 1.97 bits per heavy atom. The minimum absolute atomic E-state index is 0.171. The molecule has 7 nitrogen and oxygen atoms in total. The molecule has 9 heteroatoms. The number of hydrogen-bond donors (Lipinski definition) is 0. The molecule has 1 fully saturated rings. The topological polar surface area (TPSA) is 75.6 Å². The zero-order valence-corrected chi connectivity index (χ0v) is 18.7. The number of sulfonamides is 1. The smallest absolute Gasteiger partial charge is 0.214 e. The SMILES string of the molecule is CCCCS(=O)(=O)N1CCc2nc(Cc3cccc(F)c3)nc(N3CCOCC3)c2C1. The minimum Gasteiger partial charge on any atom is -0.378 e. The molecule has 0 atom stereocenters. The Hall–Kier alpha value is -2.10. The lowest BCUT2D eigenvalue weighted by atomic mass is 10.1. The summed E-state index contributed by atoms with van der Waals surface area (Å²) in [5.74, 6) is 1.31. The molecule has 0 saturated carbocycles. The summed E-state index contributed by atoms with van der Waals surface area (Å²) in [5.41, 5.74) is 2.59. The van der Waals surface area contributed by atoms with E-state index < -0.39 is 10.0 Å². The van der Waals surface area contributed by atoms with Crippen LogP contribution in [0.5, 0.6) is 0 Å². The molecule has 0 aliphatic carbocycles. The van der Waals surface area contributed by atoms with Gasteiger partial charge in [0.15, 0.2) is 0 Å². The number of aromatic nitrogens is 2. The zero-order valence-electron chi connectivity index (χ0n) is 17.9. The van der Waals surface area contributed by atoms with E-state index in [1.165, 1.54) is 12.1 Å². The van der Waals surface area contributed by atoms with Gasteiger partial charge in [0, 0.05) is 44.6 Å². The van der Waals surface area contributed by atoms with E-state index in [9.17, 15) is 12.8 Å². The molecule has 1 saturated heterocycles. The van der Waals surface area contributed by atoms with Crippen molar-refractivity contribution in [1.29, 1.82) is 0 Å². The van der Waals surface area contributed by atoms with E-state index in [1.807, 2.05) is 13.0 Å². The summed E-state index contributed by atoms with van der Waals surface area (Å²) in [5, 5.41) is 0. The van der Waals surface area contributed by atoms with Gasteiger partial charge in [-0.1, -0.05) is 25.5 Å². The first kappa shape index (κ1) is 22.1. The van der Waals surface area contributed by atoms with Gasteiger partial charge in [-0.25, -0.2) is 22.8 Å². The normalized spacial score (nSPS) is 17.5. The summed E-state index contributed by atoms with van der Waals surface area (Å²) in [6, 6.07) is 6.47. The highest BCUT2D eigenvalue weighted by Crippen LogP contribution is 2.29. The molecule has 0 N–H and O–H groups in total. The van der Waals surface area contributed by atoms with E-state index >= 15 is 0 Å². The van der Waals surface area contributed by atoms with Crippen molar-refractivity contribution in [2.75, 3.05) is 43.5 Å². The number of hydrogen-bond acceptors (Lipinski definition) is 6. The fourth-order valence-corrected chi connectivity index (χ4v) is 5.67. The van der Waals surface area contributed by atoms with Gasteiger partial charge < -0.3 is 9.64 Å². The van der Waals surface area contributed by atoms with Crippen LogP contribution < -0.4 is 4.90 Å². The fraction of sp³-hybridized carbons (Fsp3) is 0.545. The number of anilines is 1. The van der Waals surface area contributed by atoms with Crippen LogP contribution in [-0.4, -0.2) is 61.3 Å². The Morgan fingerprint density at radius 1 is 1.16 bits per heavy atom. The van der Waals surface area contributed by atoms with E-state index in [1.54, 1.807) is 10.4 Å². The number of fused-ring (bicyclic) bond motifs is 1. The van der Waals surface area contributed by atoms with E-state index in [2.05, 4.69) is 4.90 Å². The number of rotatable bonds is 7. The lowest BCUT2D eigenvalue weighted by molar-refractivity contribution is 0.122. The van der Waals surface area contributed by atoms with Crippen molar-refractivity contribution in [2.24, 2.45) is 0 Å². The van der Waals surface area contributed by atoms with E-state index in [4.69, 9.17) is 14.7 Å². The van der Waals surface area contributed by atoms with Crippen molar-refractivity contribution in [3.8, 4) is 0 Å². The van der Waals surface area contributed by atoms with Gasteiger partial charge in [-0.15, -0.1) is 0 Å². The maximum Gasteiger partial charge on any atom is 0.214 e. The molecule has 2 aromatic rings. The molecule has 168 valence electrons. The van der Waals surface area contributed by atoms with Crippen LogP contribution in [0.4, 0.5) is 10.2 Å². The molecule has 31 heavy (non-hydrogen) atoms. The molecule has 3 heterocycles. The Morgan fingerprint density at radius 3 is 2.71 bits per heavy atom. The lowest BCUT2D eigenvalue weighted by Crippen LogP contribution is -2.42. The monoisotopic (exact) mass is 448 g/mol. The van der Waals surface area contributed by atoms with Crippen LogP contribution in [0.1, 0.15) is 42.4 Å². The Kier molecular flexibility index (Phi) is 6.83. The Bertz CT molecular complexity index is 1030. The van der Waals surface area contributed by atoms with E-state index in [-0.39, 0.29) is 11.6 Å². The van der Waals surface area contributed by atoms with E-state index in [0.29, 0.717) is 64.5 Å². The Labute approximate surface area is 183 Å². The van der Waals surface area contributed by atoms with Gasteiger partial charge in [0.25, 0.3) is 0 Å². The summed E-state index contributed by atoms with van der Waals surface area (Å²) >= 11 is 0. The van der Waals surface area contributed by atoms with Crippen LogP contribution in [0.2, 0.25) is 0 Å². The first-order valence-electron chi connectivity index (χ1n) is 10.9. The maximum atomic E-state index is 13.6. The third-order valence-electron chi connectivity index (χ3n) is 5.76. The van der Waals surface area contributed by atoms with Gasteiger partial charge in [0.05, 0.1) is 24.7 Å². The third-order valence-corrected chi connectivity index (χ3v) is 7.66. The largest absolute Gasteiger partial charge is 0.378 e. The van der Waals surface area contributed by atoms with E-state index in [0.717, 1.165) is 29.1 Å². The van der Waals surface area contributed by atoms with Crippen LogP contribution >= 0.6 is 0 Å². The van der Waals surface area contributed by atoms with Crippen molar-refractivity contribution in [1.82, 2.24) is 14.3 Å². The molecule has 4 rings (SSSR count). The molecule has 0 spiro atoms. The first-order chi connectivity index (χ1) is 15.0. The van der Waals surface area contributed by atoms with Gasteiger partial charge in [-0.05, 0) is 24.1 Å². The third kappa shape index (κ3) is 5.22. The van der Waals surface area contributed by atoms with Gasteiger partial charge in [0.1, 0.15) is 17.5 Å². The average molecular weight is 449 g/mol. The minimum atomic E-state index is -3.31. The molecule has 0 bridgehead atoms. The number of ether oxygens (including phenoxy) is 1. The number of nitrogens with zero attached hydrogens (tertiary/aromatic N) is 4. The highest BCUT2D eigenvalue weighted by Gasteiger charge is 2.31. The van der Waals surface area contributed by atoms with Gasteiger partial charge in [0.2, 0.25) is 10.0 Å². The van der Waals surface area contributed by atoms with Gasteiger partial charge in [-0.2, -0.15) is 4.31 Å². The van der Waals surface area contributed by atoms with Crippen LogP contribution in [0, 0.1) is 5.82 Å². The second-order valence-electron chi connectivity index (χ2n) is 8.05. The second-order valence-corrected chi connectivity index (χ2v) is 10.1. The molecule has 0 unspecified atom stereocenters. The number of morpholine rings is 1.